The van der Waals surface area contributed by atoms with Crippen molar-refractivity contribution in [3.05, 3.63) is 52.0 Å². The van der Waals surface area contributed by atoms with Crippen LogP contribution in [0, 0.1) is 24.7 Å². The Morgan fingerprint density at radius 2 is 2.04 bits per heavy atom. The van der Waals surface area contributed by atoms with E-state index in [-0.39, 0.29) is 35.1 Å². The van der Waals surface area contributed by atoms with Gasteiger partial charge in [0.15, 0.2) is 0 Å². The fourth-order valence-corrected chi connectivity index (χ4v) is 4.95. The first-order valence-electron chi connectivity index (χ1n) is 8.73. The number of carbonyl (C=O) groups excluding carboxylic acids is 1. The summed E-state index contributed by atoms with van der Waals surface area (Å²) in [7, 11) is 0. The van der Waals surface area contributed by atoms with Crippen LogP contribution in [0.15, 0.2) is 30.6 Å². The Kier molecular flexibility index (Phi) is 3.75. The van der Waals surface area contributed by atoms with Gasteiger partial charge < -0.3 is 10.1 Å². The van der Waals surface area contributed by atoms with Gasteiger partial charge in [0.1, 0.15) is 5.15 Å². The predicted octanol–water partition coefficient (Wildman–Crippen LogP) is 3.85. The number of rotatable bonds is 3. The van der Waals surface area contributed by atoms with Crippen molar-refractivity contribution in [1.82, 2.24) is 9.97 Å². The molecule has 0 aromatic carbocycles. The van der Waals surface area contributed by atoms with Gasteiger partial charge in [-0.2, -0.15) is 0 Å². The number of aryl methyl sites for hydroxylation is 1. The van der Waals surface area contributed by atoms with Crippen LogP contribution in [0.5, 0.6) is 0 Å². The average molecular weight is 390 g/mol. The number of amides is 1. The summed E-state index contributed by atoms with van der Waals surface area (Å²) in [6.07, 6.45) is 4.59. The minimum Gasteiger partial charge on any atom is -0.373 e. The van der Waals surface area contributed by atoms with Crippen LogP contribution < -0.4 is 5.32 Å². The van der Waals surface area contributed by atoms with E-state index in [1.54, 1.807) is 12.3 Å². The number of fused-ring (bicyclic) bond motifs is 5. The first-order valence-corrected chi connectivity index (χ1v) is 9.48. The van der Waals surface area contributed by atoms with Gasteiger partial charge in [-0.3, -0.25) is 9.78 Å². The highest BCUT2D eigenvalue weighted by molar-refractivity contribution is 6.41. The molecule has 5 rings (SSSR count). The molecule has 3 aliphatic rings. The van der Waals surface area contributed by atoms with Gasteiger partial charge >= 0.3 is 0 Å². The zero-order valence-electron chi connectivity index (χ0n) is 14.0. The summed E-state index contributed by atoms with van der Waals surface area (Å²) in [5.41, 5.74) is 2.62. The van der Waals surface area contributed by atoms with Crippen molar-refractivity contribution in [3.8, 4) is 0 Å². The Hall–Kier alpha value is -1.69. The van der Waals surface area contributed by atoms with E-state index in [1.165, 1.54) is 6.20 Å². The number of ether oxygens (including phenoxy) is 1. The SMILES string of the molecule is Cc1cc([C@H]2[C@@H](C(=O)Nc3cnc(Cl)c(Cl)c3)[C@H]3O[C@@H]2C2C[C@@H]23)ccn1. The van der Waals surface area contributed by atoms with Gasteiger partial charge in [0.05, 0.1) is 35.0 Å². The van der Waals surface area contributed by atoms with Crippen molar-refractivity contribution < 1.29 is 9.53 Å². The lowest BCUT2D eigenvalue weighted by Gasteiger charge is -2.27. The largest absolute Gasteiger partial charge is 0.373 e. The quantitative estimate of drug-likeness (QED) is 0.809. The first kappa shape index (κ1) is 16.5. The summed E-state index contributed by atoms with van der Waals surface area (Å²) in [5, 5.41) is 3.49. The van der Waals surface area contributed by atoms with E-state index in [9.17, 15) is 4.79 Å². The van der Waals surface area contributed by atoms with Crippen LogP contribution >= 0.6 is 23.2 Å². The monoisotopic (exact) mass is 389 g/mol. The summed E-state index contributed by atoms with van der Waals surface area (Å²) in [5.74, 6) is 0.889. The zero-order valence-corrected chi connectivity index (χ0v) is 15.5. The summed E-state index contributed by atoms with van der Waals surface area (Å²) >= 11 is 11.9. The second-order valence-electron chi connectivity index (χ2n) is 7.40. The van der Waals surface area contributed by atoms with Crippen molar-refractivity contribution >= 4 is 34.8 Å². The number of nitrogens with zero attached hydrogens (tertiary/aromatic N) is 2. The lowest BCUT2D eigenvalue weighted by molar-refractivity contribution is -0.122. The maximum atomic E-state index is 13.1. The van der Waals surface area contributed by atoms with Gasteiger partial charge in [-0.1, -0.05) is 23.2 Å². The molecule has 1 saturated carbocycles. The van der Waals surface area contributed by atoms with Crippen LogP contribution in [-0.2, 0) is 9.53 Å². The molecule has 4 heterocycles. The van der Waals surface area contributed by atoms with Crippen LogP contribution in [0.2, 0.25) is 10.2 Å². The fourth-order valence-electron chi connectivity index (χ4n) is 4.68. The molecule has 3 fully saturated rings. The molecule has 0 spiro atoms. The van der Waals surface area contributed by atoms with Gasteiger partial charge in [0, 0.05) is 17.8 Å². The summed E-state index contributed by atoms with van der Waals surface area (Å²) in [6.45, 7) is 1.97. The summed E-state index contributed by atoms with van der Waals surface area (Å²) < 4.78 is 6.21. The third kappa shape index (κ3) is 2.53. The van der Waals surface area contributed by atoms with E-state index in [4.69, 9.17) is 27.9 Å². The predicted molar refractivity (Wildman–Crippen MR) is 98.3 cm³/mol. The average Bonchev–Trinajstić information content (AvgIpc) is 3.22. The molecule has 1 unspecified atom stereocenters. The highest BCUT2D eigenvalue weighted by atomic mass is 35.5. The first-order chi connectivity index (χ1) is 12.5. The maximum Gasteiger partial charge on any atom is 0.230 e. The van der Waals surface area contributed by atoms with Crippen LogP contribution in [0.3, 0.4) is 0 Å². The van der Waals surface area contributed by atoms with E-state index in [0.717, 1.165) is 17.7 Å². The van der Waals surface area contributed by atoms with Crippen molar-refractivity contribution in [3.63, 3.8) is 0 Å². The Balaban J connectivity index is 1.45. The third-order valence-electron chi connectivity index (χ3n) is 5.82. The van der Waals surface area contributed by atoms with Crippen molar-refractivity contribution in [2.45, 2.75) is 31.5 Å². The van der Waals surface area contributed by atoms with Gasteiger partial charge in [-0.05, 0) is 48.9 Å². The molecular formula is C19H17Cl2N3O2. The number of hydrogen-bond donors (Lipinski definition) is 1. The van der Waals surface area contributed by atoms with Crippen LogP contribution in [-0.4, -0.2) is 28.1 Å². The molecule has 2 aromatic rings. The lowest BCUT2D eigenvalue weighted by Crippen LogP contribution is -2.37. The molecule has 134 valence electrons. The van der Waals surface area contributed by atoms with E-state index < -0.39 is 0 Å². The van der Waals surface area contributed by atoms with E-state index >= 15 is 0 Å². The number of aromatic nitrogens is 2. The Morgan fingerprint density at radius 1 is 1.23 bits per heavy atom. The minimum absolute atomic E-state index is 0.0146. The van der Waals surface area contributed by atoms with Gasteiger partial charge in [0.25, 0.3) is 0 Å². The molecule has 1 aliphatic carbocycles. The Morgan fingerprint density at radius 3 is 2.81 bits per heavy atom. The smallest absolute Gasteiger partial charge is 0.230 e. The van der Waals surface area contributed by atoms with Crippen molar-refractivity contribution in [2.24, 2.45) is 17.8 Å². The minimum atomic E-state index is -0.222. The zero-order chi connectivity index (χ0) is 18.0. The Bertz CT molecular complexity index is 906. The molecule has 1 N–H and O–H groups in total. The molecule has 2 bridgehead atoms. The summed E-state index contributed by atoms with van der Waals surface area (Å²) in [6, 6.07) is 5.68. The number of anilines is 1. The number of carbonyl (C=O) groups is 1. The fraction of sp³-hybridized carbons (Fsp3) is 0.421. The van der Waals surface area contributed by atoms with Crippen LogP contribution in [0.1, 0.15) is 23.6 Å². The van der Waals surface area contributed by atoms with E-state index in [1.807, 2.05) is 13.0 Å². The lowest BCUT2D eigenvalue weighted by atomic mass is 9.75. The summed E-state index contributed by atoms with van der Waals surface area (Å²) in [4.78, 5) is 21.4. The third-order valence-corrected chi connectivity index (χ3v) is 6.50. The molecule has 1 amide bonds. The van der Waals surface area contributed by atoms with E-state index in [0.29, 0.717) is 22.5 Å². The normalized spacial score (nSPS) is 33.8. The van der Waals surface area contributed by atoms with Crippen LogP contribution in [0.4, 0.5) is 5.69 Å². The molecule has 2 aromatic heterocycles. The Labute approximate surface area is 161 Å². The van der Waals surface area contributed by atoms with Gasteiger partial charge in [-0.25, -0.2) is 4.98 Å². The number of halogens is 2. The second-order valence-corrected chi connectivity index (χ2v) is 8.16. The molecule has 2 saturated heterocycles. The van der Waals surface area contributed by atoms with Crippen molar-refractivity contribution in [1.29, 1.82) is 0 Å². The molecule has 2 aliphatic heterocycles. The molecular weight excluding hydrogens is 373 g/mol. The molecule has 26 heavy (non-hydrogen) atoms. The molecule has 5 nitrogen and oxygen atoms in total. The highest BCUT2D eigenvalue weighted by Gasteiger charge is 2.68. The number of pyridine rings is 2. The maximum absolute atomic E-state index is 13.1. The number of hydrogen-bond acceptors (Lipinski definition) is 4. The topological polar surface area (TPSA) is 64.1 Å². The standard InChI is InChI=1S/C19H17Cl2N3O2/c1-8-4-9(2-3-22-8)14-15(17-12-6-11(12)16(14)26-17)19(25)24-10-5-13(20)18(21)23-7-10/h2-5,7,11-12,14-17H,6H2,1H3,(H,24,25)/t11?,12-,14-,15+,16+,17-/m0/s1. The van der Waals surface area contributed by atoms with Gasteiger partial charge in [-0.15, -0.1) is 0 Å². The van der Waals surface area contributed by atoms with Crippen molar-refractivity contribution in [2.75, 3.05) is 5.32 Å². The van der Waals surface area contributed by atoms with Crippen LogP contribution in [0.25, 0.3) is 0 Å². The highest BCUT2D eigenvalue weighted by Crippen LogP contribution is 2.65. The number of nitrogens with one attached hydrogen (secondary N) is 1. The van der Waals surface area contributed by atoms with E-state index in [2.05, 4.69) is 21.4 Å². The molecule has 0 radical (unpaired) electrons. The molecule has 6 atom stereocenters. The second kappa shape index (κ2) is 5.91. The molecule has 7 heteroatoms. The van der Waals surface area contributed by atoms with Gasteiger partial charge in [0.2, 0.25) is 5.91 Å².